The molecule has 0 radical (unpaired) electrons. The summed E-state index contributed by atoms with van der Waals surface area (Å²) in [6, 6.07) is 9.76. The first-order valence-electron chi connectivity index (χ1n) is 7.66. The molecule has 118 valence electrons. The van der Waals surface area contributed by atoms with Gasteiger partial charge in [0.1, 0.15) is 5.75 Å². The zero-order chi connectivity index (χ0) is 15.9. The minimum atomic E-state index is -0.121. The normalized spacial score (nSPS) is 13.0. The van der Waals surface area contributed by atoms with Crippen molar-refractivity contribution in [3.8, 4) is 5.75 Å². The highest BCUT2D eigenvalue weighted by molar-refractivity contribution is 5.69. The van der Waals surface area contributed by atoms with Crippen LogP contribution in [-0.2, 0) is 9.53 Å². The Balaban J connectivity index is 2.49. The van der Waals surface area contributed by atoms with Crippen LogP contribution >= 0.6 is 0 Å². The summed E-state index contributed by atoms with van der Waals surface area (Å²) in [6.45, 7) is 10.8. The lowest BCUT2D eigenvalue weighted by atomic mass is 9.77. The van der Waals surface area contributed by atoms with E-state index in [1.165, 1.54) is 0 Å². The average molecular weight is 292 g/mol. The van der Waals surface area contributed by atoms with Crippen molar-refractivity contribution in [2.75, 3.05) is 6.61 Å². The fraction of sp³-hybridized carbons (Fsp3) is 0.611. The molecule has 0 bridgehead atoms. The van der Waals surface area contributed by atoms with Crippen LogP contribution in [0.2, 0.25) is 0 Å². The number of esters is 1. The van der Waals surface area contributed by atoms with Crippen LogP contribution in [0, 0.1) is 11.3 Å². The van der Waals surface area contributed by atoms with E-state index in [0.717, 1.165) is 12.2 Å². The molecule has 0 aromatic heterocycles. The van der Waals surface area contributed by atoms with Gasteiger partial charge in [-0.1, -0.05) is 39.0 Å². The molecule has 0 aliphatic rings. The van der Waals surface area contributed by atoms with Gasteiger partial charge in [-0.25, -0.2) is 0 Å². The van der Waals surface area contributed by atoms with Gasteiger partial charge in [0.25, 0.3) is 0 Å². The summed E-state index contributed by atoms with van der Waals surface area (Å²) in [5, 5.41) is 0. The van der Waals surface area contributed by atoms with E-state index in [9.17, 15) is 4.79 Å². The molecule has 3 nitrogen and oxygen atoms in total. The van der Waals surface area contributed by atoms with E-state index < -0.39 is 0 Å². The lowest BCUT2D eigenvalue weighted by molar-refractivity contribution is -0.149. The molecule has 0 aliphatic carbocycles. The predicted molar refractivity (Wildman–Crippen MR) is 85.3 cm³/mol. The van der Waals surface area contributed by atoms with Gasteiger partial charge in [-0.2, -0.15) is 0 Å². The monoisotopic (exact) mass is 292 g/mol. The zero-order valence-electron chi connectivity index (χ0n) is 13.9. The lowest BCUT2D eigenvalue weighted by Gasteiger charge is -2.30. The molecule has 1 rings (SSSR count). The fourth-order valence-electron chi connectivity index (χ4n) is 2.19. The van der Waals surface area contributed by atoms with Crippen LogP contribution in [0.5, 0.6) is 5.75 Å². The first-order valence-corrected chi connectivity index (χ1v) is 7.66. The summed E-state index contributed by atoms with van der Waals surface area (Å²) in [5.74, 6) is 0.993. The highest BCUT2D eigenvalue weighted by Crippen LogP contribution is 2.32. The summed E-state index contributed by atoms with van der Waals surface area (Å²) in [5.41, 5.74) is 0.0516. The Morgan fingerprint density at radius 3 is 2.29 bits per heavy atom. The molecule has 3 heteroatoms. The maximum atomic E-state index is 11.9. The van der Waals surface area contributed by atoms with E-state index in [4.69, 9.17) is 9.47 Å². The Hall–Kier alpha value is -1.51. The van der Waals surface area contributed by atoms with Crippen LogP contribution in [0.1, 0.15) is 47.5 Å². The molecule has 0 N–H and O–H groups in total. The Morgan fingerprint density at radius 2 is 1.76 bits per heavy atom. The number of para-hydroxylation sites is 1. The molecule has 0 fully saturated rings. The minimum Gasteiger partial charge on any atom is -0.494 e. The van der Waals surface area contributed by atoms with E-state index in [1.807, 2.05) is 44.2 Å². The molecule has 0 saturated heterocycles. The second kappa shape index (κ2) is 8.06. The molecule has 0 saturated carbocycles. The van der Waals surface area contributed by atoms with Crippen LogP contribution in [0.15, 0.2) is 30.3 Å². The Kier molecular flexibility index (Phi) is 6.73. The molecule has 0 aliphatic heterocycles. The molecule has 0 heterocycles. The lowest BCUT2D eigenvalue weighted by Crippen LogP contribution is -2.27. The number of carbonyl (C=O) groups excluding carboxylic acids is 1. The highest BCUT2D eigenvalue weighted by Gasteiger charge is 2.27. The van der Waals surface area contributed by atoms with E-state index >= 15 is 0 Å². The highest BCUT2D eigenvalue weighted by atomic mass is 16.5. The van der Waals surface area contributed by atoms with Crippen molar-refractivity contribution in [2.45, 2.75) is 53.6 Å². The minimum absolute atomic E-state index is 0.0516. The number of benzene rings is 1. The molecular formula is C18H28O3. The van der Waals surface area contributed by atoms with Crippen LogP contribution < -0.4 is 4.74 Å². The van der Waals surface area contributed by atoms with E-state index in [-0.39, 0.29) is 23.4 Å². The van der Waals surface area contributed by atoms with Crippen molar-refractivity contribution in [1.29, 1.82) is 0 Å². The molecular weight excluding hydrogens is 264 g/mol. The van der Waals surface area contributed by atoms with Gasteiger partial charge in [-0.15, -0.1) is 0 Å². The maximum absolute atomic E-state index is 11.9. The maximum Gasteiger partial charge on any atom is 0.306 e. The molecule has 0 amide bonds. The van der Waals surface area contributed by atoms with Crippen molar-refractivity contribution >= 4 is 5.97 Å². The van der Waals surface area contributed by atoms with Crippen molar-refractivity contribution in [3.05, 3.63) is 30.3 Å². The third kappa shape index (κ3) is 7.16. The number of hydrogen-bond acceptors (Lipinski definition) is 3. The standard InChI is InChI=1S/C18H28O3/c1-14(2)21-17(19)13-15(18(3,4)5)11-12-20-16-9-7-6-8-10-16/h6-10,14-15H,11-13H2,1-5H3. The van der Waals surface area contributed by atoms with Crippen molar-refractivity contribution in [3.63, 3.8) is 0 Å². The van der Waals surface area contributed by atoms with Gasteiger partial charge in [-0.3, -0.25) is 4.79 Å². The summed E-state index contributed by atoms with van der Waals surface area (Å²) < 4.78 is 11.0. The van der Waals surface area contributed by atoms with E-state index in [2.05, 4.69) is 20.8 Å². The largest absolute Gasteiger partial charge is 0.494 e. The zero-order valence-corrected chi connectivity index (χ0v) is 13.9. The Morgan fingerprint density at radius 1 is 1.14 bits per heavy atom. The van der Waals surface area contributed by atoms with Gasteiger partial charge < -0.3 is 9.47 Å². The van der Waals surface area contributed by atoms with Gasteiger partial charge in [0.05, 0.1) is 12.7 Å². The third-order valence-electron chi connectivity index (χ3n) is 3.48. The summed E-state index contributed by atoms with van der Waals surface area (Å²) in [7, 11) is 0. The summed E-state index contributed by atoms with van der Waals surface area (Å²) in [4.78, 5) is 11.9. The number of carbonyl (C=O) groups is 1. The molecule has 1 atom stereocenters. The van der Waals surface area contributed by atoms with Crippen molar-refractivity contribution in [1.82, 2.24) is 0 Å². The summed E-state index contributed by atoms with van der Waals surface area (Å²) in [6.07, 6.45) is 1.23. The van der Waals surface area contributed by atoms with E-state index in [1.54, 1.807) is 0 Å². The topological polar surface area (TPSA) is 35.5 Å². The fourth-order valence-corrected chi connectivity index (χ4v) is 2.19. The smallest absolute Gasteiger partial charge is 0.306 e. The van der Waals surface area contributed by atoms with Crippen LogP contribution in [0.4, 0.5) is 0 Å². The van der Waals surface area contributed by atoms with Gasteiger partial charge in [0.15, 0.2) is 0 Å². The molecule has 1 aromatic carbocycles. The van der Waals surface area contributed by atoms with Gasteiger partial charge in [0.2, 0.25) is 0 Å². The number of hydrogen-bond donors (Lipinski definition) is 0. The number of rotatable bonds is 7. The second-order valence-electron chi connectivity index (χ2n) is 6.76. The predicted octanol–water partition coefficient (Wildman–Crippen LogP) is 4.46. The molecule has 0 spiro atoms. The Bertz CT molecular complexity index is 418. The first-order chi connectivity index (χ1) is 9.79. The van der Waals surface area contributed by atoms with Crippen LogP contribution in [-0.4, -0.2) is 18.7 Å². The molecule has 1 aromatic rings. The van der Waals surface area contributed by atoms with Gasteiger partial charge in [0, 0.05) is 6.42 Å². The third-order valence-corrected chi connectivity index (χ3v) is 3.48. The van der Waals surface area contributed by atoms with Crippen molar-refractivity contribution in [2.24, 2.45) is 11.3 Å². The SMILES string of the molecule is CC(C)OC(=O)CC(CCOc1ccccc1)C(C)(C)C. The van der Waals surface area contributed by atoms with Gasteiger partial charge >= 0.3 is 5.97 Å². The summed E-state index contributed by atoms with van der Waals surface area (Å²) >= 11 is 0. The van der Waals surface area contributed by atoms with E-state index in [0.29, 0.717) is 13.0 Å². The molecule has 1 unspecified atom stereocenters. The van der Waals surface area contributed by atoms with Crippen LogP contribution in [0.3, 0.4) is 0 Å². The van der Waals surface area contributed by atoms with Crippen molar-refractivity contribution < 1.29 is 14.3 Å². The first kappa shape index (κ1) is 17.5. The van der Waals surface area contributed by atoms with Crippen LogP contribution in [0.25, 0.3) is 0 Å². The second-order valence-corrected chi connectivity index (χ2v) is 6.76. The Labute approximate surface area is 128 Å². The average Bonchev–Trinajstić information content (AvgIpc) is 2.36. The molecule has 21 heavy (non-hydrogen) atoms. The number of ether oxygens (including phenoxy) is 2. The quantitative estimate of drug-likeness (QED) is 0.696. The van der Waals surface area contributed by atoms with Gasteiger partial charge in [-0.05, 0) is 43.7 Å².